The molecule has 4 nitrogen and oxygen atoms in total. The Kier molecular flexibility index (Phi) is 9.17. The minimum atomic E-state index is 1.05. The van der Waals surface area contributed by atoms with Crippen LogP contribution < -0.4 is 4.90 Å². The fraction of sp³-hybridized carbons (Fsp3) is 0. The summed E-state index contributed by atoms with van der Waals surface area (Å²) in [6.45, 7) is 0. The van der Waals surface area contributed by atoms with Gasteiger partial charge < -0.3 is 18.6 Å². The van der Waals surface area contributed by atoms with Crippen molar-refractivity contribution in [1.29, 1.82) is 0 Å². The second kappa shape index (κ2) is 16.2. The second-order valence-corrected chi connectivity index (χ2v) is 18.2. The third kappa shape index (κ3) is 6.38. The Hall–Kier alpha value is -9.38. The monoisotopic (exact) mass is 892 g/mol. The van der Waals surface area contributed by atoms with E-state index < -0.39 is 0 Å². The Labute approximate surface area is 405 Å². The first-order valence-electron chi connectivity index (χ1n) is 24.0. The van der Waals surface area contributed by atoms with E-state index in [1.165, 1.54) is 71.0 Å². The molecule has 0 radical (unpaired) electrons. The molecular weight excluding hydrogens is 849 g/mol. The zero-order valence-electron chi connectivity index (χ0n) is 38.2. The van der Waals surface area contributed by atoms with Gasteiger partial charge in [0.1, 0.15) is 0 Å². The average molecular weight is 893 g/mol. The van der Waals surface area contributed by atoms with Crippen molar-refractivity contribution in [3.63, 3.8) is 0 Å². The van der Waals surface area contributed by atoms with Crippen molar-refractivity contribution in [2.75, 3.05) is 4.90 Å². The Morgan fingerprint density at radius 3 is 1.19 bits per heavy atom. The van der Waals surface area contributed by atoms with E-state index in [9.17, 15) is 0 Å². The van der Waals surface area contributed by atoms with Crippen molar-refractivity contribution in [1.82, 2.24) is 13.7 Å². The van der Waals surface area contributed by atoms with Gasteiger partial charge in [0, 0.05) is 66.4 Å². The van der Waals surface area contributed by atoms with Crippen LogP contribution in [0.2, 0.25) is 0 Å². The average Bonchev–Trinajstić information content (AvgIpc) is 4.07. The second-order valence-electron chi connectivity index (χ2n) is 18.2. The Balaban J connectivity index is 1.05. The third-order valence-electron chi connectivity index (χ3n) is 14.2. The standard InChI is InChI=1S/C66H44N4/c1-4-18-45(19-5-1)46-32-35-51(36-33-46)67(52-37-39-65-60(44-52)58-27-13-17-31-64(58)68(65)49-20-6-2-7-21-49)53-40-48(41-54(43-53)70-62-29-15-10-24-55(62)56-25-11-16-30-63(56)70)47-34-38-59-57-26-12-14-28-61(57)69(66(59)42-47)50-22-8-3-9-23-50/h1-44H. The Morgan fingerprint density at radius 1 is 0.200 bits per heavy atom. The van der Waals surface area contributed by atoms with Crippen LogP contribution in [0.25, 0.3) is 105 Å². The van der Waals surface area contributed by atoms with Crippen LogP contribution in [0.15, 0.2) is 267 Å². The molecule has 14 rings (SSSR count). The van der Waals surface area contributed by atoms with E-state index in [0.717, 1.165) is 50.8 Å². The van der Waals surface area contributed by atoms with Gasteiger partial charge in [-0.1, -0.05) is 164 Å². The smallest absolute Gasteiger partial charge is 0.0547 e. The molecular formula is C66H44N4. The fourth-order valence-electron chi connectivity index (χ4n) is 11.1. The van der Waals surface area contributed by atoms with Gasteiger partial charge >= 0.3 is 0 Å². The van der Waals surface area contributed by atoms with Crippen LogP contribution in [-0.4, -0.2) is 13.7 Å². The first-order chi connectivity index (χ1) is 34.7. The van der Waals surface area contributed by atoms with Crippen LogP contribution in [0.1, 0.15) is 0 Å². The van der Waals surface area contributed by atoms with E-state index in [2.05, 4.69) is 286 Å². The van der Waals surface area contributed by atoms with Crippen LogP contribution in [0.5, 0.6) is 0 Å². The van der Waals surface area contributed by atoms with Gasteiger partial charge in [-0.2, -0.15) is 0 Å². The molecule has 0 N–H and O–H groups in total. The summed E-state index contributed by atoms with van der Waals surface area (Å²) < 4.78 is 7.25. The highest BCUT2D eigenvalue weighted by Gasteiger charge is 2.22. The summed E-state index contributed by atoms with van der Waals surface area (Å²) in [5.74, 6) is 0. The zero-order valence-corrected chi connectivity index (χ0v) is 38.2. The van der Waals surface area contributed by atoms with E-state index in [1.54, 1.807) is 0 Å². The lowest BCUT2D eigenvalue weighted by Crippen LogP contribution is -2.11. The maximum absolute atomic E-state index is 2.45. The number of benzene rings is 11. The van der Waals surface area contributed by atoms with E-state index >= 15 is 0 Å². The largest absolute Gasteiger partial charge is 0.310 e. The summed E-state index contributed by atoms with van der Waals surface area (Å²) in [5.41, 5.74) is 18.2. The molecule has 0 fully saturated rings. The minimum absolute atomic E-state index is 1.05. The highest BCUT2D eigenvalue weighted by Crippen LogP contribution is 2.44. The molecule has 70 heavy (non-hydrogen) atoms. The number of nitrogens with zero attached hydrogens (tertiary/aromatic N) is 4. The molecule has 0 bridgehead atoms. The number of anilines is 3. The molecule has 0 saturated carbocycles. The van der Waals surface area contributed by atoms with Gasteiger partial charge in [0.15, 0.2) is 0 Å². The fourth-order valence-corrected chi connectivity index (χ4v) is 11.1. The molecule has 4 heteroatoms. The quantitative estimate of drug-likeness (QED) is 0.149. The number of rotatable bonds is 8. The van der Waals surface area contributed by atoms with Crippen LogP contribution in [0.4, 0.5) is 17.1 Å². The molecule has 14 aromatic rings. The summed E-state index contributed by atoms with van der Waals surface area (Å²) in [5, 5.41) is 7.33. The van der Waals surface area contributed by atoms with Crippen molar-refractivity contribution in [3.8, 4) is 39.3 Å². The maximum Gasteiger partial charge on any atom is 0.0547 e. The molecule has 3 heterocycles. The SMILES string of the molecule is c1ccc(-c2ccc(N(c3cc(-c4ccc5c6ccccc6n(-c6ccccc6)c5c4)cc(-n4c5ccccc5c5ccccc54)c3)c3ccc4c(c3)c3ccccc3n4-c3ccccc3)cc2)cc1. The molecule has 11 aromatic carbocycles. The van der Waals surface area contributed by atoms with Crippen LogP contribution >= 0.6 is 0 Å². The predicted octanol–water partition coefficient (Wildman–Crippen LogP) is 17.8. The van der Waals surface area contributed by atoms with E-state index in [1.807, 2.05) is 0 Å². The molecule has 0 atom stereocenters. The van der Waals surface area contributed by atoms with Gasteiger partial charge in [-0.25, -0.2) is 0 Å². The highest BCUT2D eigenvalue weighted by molar-refractivity contribution is 6.13. The van der Waals surface area contributed by atoms with E-state index in [-0.39, 0.29) is 0 Å². The number of fused-ring (bicyclic) bond motifs is 9. The van der Waals surface area contributed by atoms with Crippen LogP contribution in [0.3, 0.4) is 0 Å². The molecule has 3 aromatic heterocycles. The van der Waals surface area contributed by atoms with Crippen LogP contribution in [0, 0.1) is 0 Å². The lowest BCUT2D eigenvalue weighted by molar-refractivity contribution is 1.17. The molecule has 0 amide bonds. The minimum Gasteiger partial charge on any atom is -0.310 e. The van der Waals surface area contributed by atoms with E-state index in [4.69, 9.17) is 0 Å². The zero-order chi connectivity index (χ0) is 46.1. The molecule has 0 aliphatic rings. The summed E-state index contributed by atoms with van der Waals surface area (Å²) in [4.78, 5) is 2.45. The van der Waals surface area contributed by atoms with Crippen molar-refractivity contribution < 1.29 is 0 Å². The topological polar surface area (TPSA) is 18.0 Å². The highest BCUT2D eigenvalue weighted by atomic mass is 15.1. The first-order valence-corrected chi connectivity index (χ1v) is 24.0. The molecule has 0 aliphatic carbocycles. The van der Waals surface area contributed by atoms with Gasteiger partial charge in [0.2, 0.25) is 0 Å². The van der Waals surface area contributed by atoms with Crippen molar-refractivity contribution in [3.05, 3.63) is 267 Å². The van der Waals surface area contributed by atoms with Gasteiger partial charge in [-0.05, 0) is 125 Å². The molecule has 0 aliphatic heterocycles. The molecule has 0 unspecified atom stereocenters. The van der Waals surface area contributed by atoms with Crippen molar-refractivity contribution in [2.24, 2.45) is 0 Å². The summed E-state index contributed by atoms with van der Waals surface area (Å²) in [7, 11) is 0. The van der Waals surface area contributed by atoms with E-state index in [0.29, 0.717) is 0 Å². The van der Waals surface area contributed by atoms with Crippen molar-refractivity contribution in [2.45, 2.75) is 0 Å². The van der Waals surface area contributed by atoms with Crippen molar-refractivity contribution >= 4 is 82.5 Å². The lowest BCUT2D eigenvalue weighted by atomic mass is 10.0. The maximum atomic E-state index is 2.45. The Morgan fingerprint density at radius 2 is 0.614 bits per heavy atom. The van der Waals surface area contributed by atoms with Crippen LogP contribution in [-0.2, 0) is 0 Å². The number of aromatic nitrogens is 3. The Bertz CT molecular complexity index is 4220. The summed E-state index contributed by atoms with van der Waals surface area (Å²) in [6, 6.07) is 97.4. The van der Waals surface area contributed by atoms with Gasteiger partial charge in [0.25, 0.3) is 0 Å². The molecule has 0 spiro atoms. The van der Waals surface area contributed by atoms with Gasteiger partial charge in [-0.3, -0.25) is 0 Å². The number of hydrogen-bond acceptors (Lipinski definition) is 1. The third-order valence-corrected chi connectivity index (χ3v) is 14.2. The normalized spacial score (nSPS) is 11.7. The van der Waals surface area contributed by atoms with Gasteiger partial charge in [0.05, 0.1) is 33.1 Å². The lowest BCUT2D eigenvalue weighted by Gasteiger charge is -2.27. The molecule has 0 saturated heterocycles. The molecule has 328 valence electrons. The first kappa shape index (κ1) is 39.8. The number of hydrogen-bond donors (Lipinski definition) is 0. The number of para-hydroxylation sites is 6. The van der Waals surface area contributed by atoms with Gasteiger partial charge in [-0.15, -0.1) is 0 Å². The summed E-state index contributed by atoms with van der Waals surface area (Å²) >= 11 is 0. The summed E-state index contributed by atoms with van der Waals surface area (Å²) in [6.07, 6.45) is 0. The predicted molar refractivity (Wildman–Crippen MR) is 295 cm³/mol.